The molecule has 1 saturated heterocycles. The Hall–Kier alpha value is -1.36. The highest BCUT2D eigenvalue weighted by Crippen LogP contribution is 2.28. The molecule has 0 bridgehead atoms. The van der Waals surface area contributed by atoms with E-state index in [1.54, 1.807) is 17.8 Å². The summed E-state index contributed by atoms with van der Waals surface area (Å²) in [7, 11) is 1.78. The van der Waals surface area contributed by atoms with Crippen molar-refractivity contribution >= 4 is 39.9 Å². The van der Waals surface area contributed by atoms with E-state index in [0.29, 0.717) is 31.1 Å². The van der Waals surface area contributed by atoms with Gasteiger partial charge in [-0.25, -0.2) is 0 Å². The highest BCUT2D eigenvalue weighted by atomic mass is 35.5. The second kappa shape index (κ2) is 8.12. The Bertz CT molecular complexity index is 735. The number of nitrogens with one attached hydrogen (secondary N) is 2. The van der Waals surface area contributed by atoms with E-state index in [4.69, 9.17) is 0 Å². The number of thiophene rings is 1. The summed E-state index contributed by atoms with van der Waals surface area (Å²) in [5.74, 6) is -0.481. The Morgan fingerprint density at radius 3 is 2.65 bits per heavy atom. The predicted octanol–water partition coefficient (Wildman–Crippen LogP) is 1.93. The van der Waals surface area contributed by atoms with E-state index < -0.39 is 24.7 Å². The fourth-order valence-electron chi connectivity index (χ4n) is 3.04. The zero-order valence-corrected chi connectivity index (χ0v) is 16.0. The summed E-state index contributed by atoms with van der Waals surface area (Å²) in [4.78, 5) is 14.9. The molecule has 0 aromatic carbocycles. The van der Waals surface area contributed by atoms with Crippen LogP contribution in [0.2, 0.25) is 0 Å². The monoisotopic (exact) mass is 411 g/mol. The highest BCUT2D eigenvalue weighted by Gasteiger charge is 2.43. The van der Waals surface area contributed by atoms with E-state index in [1.807, 2.05) is 6.92 Å². The molecule has 2 aromatic heterocycles. The number of aryl methyl sites for hydroxylation is 2. The van der Waals surface area contributed by atoms with Crippen LogP contribution in [0.15, 0.2) is 6.07 Å². The van der Waals surface area contributed by atoms with Gasteiger partial charge in [-0.2, -0.15) is 18.3 Å². The SMILES string of the molecule is Cc1nn(C)c2sc(C(=O)NCC(N3CCNCC3)C(F)(F)F)cc12.Cl. The van der Waals surface area contributed by atoms with Crippen LogP contribution >= 0.6 is 23.7 Å². The summed E-state index contributed by atoms with van der Waals surface area (Å²) in [6.07, 6.45) is -4.38. The molecule has 11 heteroatoms. The summed E-state index contributed by atoms with van der Waals surface area (Å²) in [6, 6.07) is 0.0155. The van der Waals surface area contributed by atoms with Crippen LogP contribution in [0.1, 0.15) is 15.4 Å². The Labute approximate surface area is 159 Å². The maximum Gasteiger partial charge on any atom is 0.405 e. The second-order valence-electron chi connectivity index (χ2n) is 6.09. The molecule has 1 fully saturated rings. The van der Waals surface area contributed by atoms with E-state index >= 15 is 0 Å². The number of halogens is 4. The van der Waals surface area contributed by atoms with Crippen molar-refractivity contribution in [3.63, 3.8) is 0 Å². The first-order valence-electron chi connectivity index (χ1n) is 8.00. The van der Waals surface area contributed by atoms with E-state index in [0.717, 1.165) is 15.9 Å². The van der Waals surface area contributed by atoms with Gasteiger partial charge in [0.05, 0.1) is 10.6 Å². The van der Waals surface area contributed by atoms with Gasteiger partial charge in [-0.1, -0.05) is 0 Å². The molecule has 0 radical (unpaired) electrons. The average Bonchev–Trinajstić information content (AvgIpc) is 3.09. The van der Waals surface area contributed by atoms with Crippen LogP contribution in [-0.2, 0) is 7.05 Å². The summed E-state index contributed by atoms with van der Waals surface area (Å²) in [5.41, 5.74) is 0.793. The molecule has 3 heterocycles. The minimum atomic E-state index is -4.38. The quantitative estimate of drug-likeness (QED) is 0.807. The number of carbonyl (C=O) groups is 1. The second-order valence-corrected chi connectivity index (χ2v) is 7.12. The Kier molecular flexibility index (Phi) is 6.54. The first-order valence-corrected chi connectivity index (χ1v) is 8.82. The van der Waals surface area contributed by atoms with Gasteiger partial charge in [-0.3, -0.25) is 14.4 Å². The maximum absolute atomic E-state index is 13.4. The molecule has 3 rings (SSSR count). The standard InChI is InChI=1S/C15H20F3N5OS.ClH/c1-9-10-7-11(25-14(10)22(2)21-9)13(24)20-8-12(15(16,17)18)23-5-3-19-4-6-23;/h7,12,19H,3-6,8H2,1-2H3,(H,20,24);1H. The Morgan fingerprint density at radius 2 is 2.08 bits per heavy atom. The average molecular weight is 412 g/mol. The van der Waals surface area contributed by atoms with Gasteiger partial charge < -0.3 is 10.6 Å². The van der Waals surface area contributed by atoms with Gasteiger partial charge in [-0.05, 0) is 13.0 Å². The van der Waals surface area contributed by atoms with Crippen molar-refractivity contribution in [1.82, 2.24) is 25.3 Å². The molecule has 1 aliphatic rings. The number of alkyl halides is 3. The molecule has 2 aromatic rings. The lowest BCUT2D eigenvalue weighted by Gasteiger charge is -2.35. The van der Waals surface area contributed by atoms with Crippen molar-refractivity contribution in [3.05, 3.63) is 16.6 Å². The van der Waals surface area contributed by atoms with Crippen molar-refractivity contribution < 1.29 is 18.0 Å². The van der Waals surface area contributed by atoms with Gasteiger partial charge in [0.1, 0.15) is 10.9 Å². The number of piperazine rings is 1. The normalized spacial score (nSPS) is 17.1. The van der Waals surface area contributed by atoms with Crippen LogP contribution in [0.3, 0.4) is 0 Å². The summed E-state index contributed by atoms with van der Waals surface area (Å²) in [6.45, 7) is 3.04. The fourth-order valence-corrected chi connectivity index (χ4v) is 4.08. The summed E-state index contributed by atoms with van der Waals surface area (Å²) < 4.78 is 41.7. The molecular weight excluding hydrogens is 391 g/mol. The molecule has 0 saturated carbocycles. The zero-order valence-electron chi connectivity index (χ0n) is 14.4. The van der Waals surface area contributed by atoms with E-state index in [2.05, 4.69) is 15.7 Å². The van der Waals surface area contributed by atoms with Gasteiger partial charge in [-0.15, -0.1) is 23.7 Å². The van der Waals surface area contributed by atoms with Gasteiger partial charge in [0.15, 0.2) is 0 Å². The summed E-state index contributed by atoms with van der Waals surface area (Å²) >= 11 is 1.23. The van der Waals surface area contributed by atoms with Crippen molar-refractivity contribution in [2.75, 3.05) is 32.7 Å². The third-order valence-electron chi connectivity index (χ3n) is 4.35. The number of hydrogen-bond acceptors (Lipinski definition) is 5. The summed E-state index contributed by atoms with van der Waals surface area (Å²) in [5, 5.41) is 10.6. The first kappa shape index (κ1) is 20.9. The van der Waals surface area contributed by atoms with Crippen LogP contribution in [0.25, 0.3) is 10.2 Å². The zero-order chi connectivity index (χ0) is 18.2. The number of carbonyl (C=O) groups excluding carboxylic acids is 1. The van der Waals surface area contributed by atoms with Crippen molar-refractivity contribution in [1.29, 1.82) is 0 Å². The number of nitrogens with zero attached hydrogens (tertiary/aromatic N) is 3. The van der Waals surface area contributed by atoms with Crippen LogP contribution < -0.4 is 10.6 Å². The molecule has 2 N–H and O–H groups in total. The van der Waals surface area contributed by atoms with Crippen LogP contribution in [0.5, 0.6) is 0 Å². The predicted molar refractivity (Wildman–Crippen MR) is 97.2 cm³/mol. The van der Waals surface area contributed by atoms with Gasteiger partial charge in [0.25, 0.3) is 5.91 Å². The smallest absolute Gasteiger partial charge is 0.349 e. The molecule has 146 valence electrons. The maximum atomic E-state index is 13.4. The number of aromatic nitrogens is 2. The van der Waals surface area contributed by atoms with Gasteiger partial charge >= 0.3 is 6.18 Å². The van der Waals surface area contributed by atoms with E-state index in [-0.39, 0.29) is 12.4 Å². The fraction of sp³-hybridized carbons (Fsp3) is 0.600. The number of hydrogen-bond donors (Lipinski definition) is 2. The number of amides is 1. The van der Waals surface area contributed by atoms with Gasteiger partial charge in [0, 0.05) is 45.2 Å². The molecule has 1 unspecified atom stereocenters. The Morgan fingerprint density at radius 1 is 1.42 bits per heavy atom. The van der Waals surface area contributed by atoms with Gasteiger partial charge in [0.2, 0.25) is 0 Å². The molecule has 26 heavy (non-hydrogen) atoms. The molecule has 1 amide bonds. The molecule has 0 aliphatic carbocycles. The molecular formula is C15H21ClF3N5OS. The number of rotatable bonds is 4. The topological polar surface area (TPSA) is 62.2 Å². The molecule has 0 spiro atoms. The lowest BCUT2D eigenvalue weighted by Crippen LogP contribution is -2.57. The van der Waals surface area contributed by atoms with Crippen molar-refractivity contribution in [3.8, 4) is 0 Å². The van der Waals surface area contributed by atoms with Crippen molar-refractivity contribution in [2.24, 2.45) is 7.05 Å². The number of fused-ring (bicyclic) bond motifs is 1. The third kappa shape index (κ3) is 4.30. The first-order chi connectivity index (χ1) is 11.8. The van der Waals surface area contributed by atoms with Crippen LogP contribution in [0.4, 0.5) is 13.2 Å². The minimum absolute atomic E-state index is 0. The lowest BCUT2D eigenvalue weighted by atomic mass is 10.2. The molecule has 6 nitrogen and oxygen atoms in total. The van der Waals surface area contributed by atoms with Crippen molar-refractivity contribution in [2.45, 2.75) is 19.1 Å². The molecule has 1 atom stereocenters. The van der Waals surface area contributed by atoms with Crippen LogP contribution in [0, 0.1) is 6.92 Å². The lowest BCUT2D eigenvalue weighted by molar-refractivity contribution is -0.183. The minimum Gasteiger partial charge on any atom is -0.349 e. The molecule has 1 aliphatic heterocycles. The highest BCUT2D eigenvalue weighted by molar-refractivity contribution is 7.20. The van der Waals surface area contributed by atoms with E-state index in [9.17, 15) is 18.0 Å². The van der Waals surface area contributed by atoms with Crippen LogP contribution in [-0.4, -0.2) is 65.5 Å². The third-order valence-corrected chi connectivity index (χ3v) is 5.55. The largest absolute Gasteiger partial charge is 0.405 e. The Balaban J connectivity index is 0.00000243. The van der Waals surface area contributed by atoms with E-state index in [1.165, 1.54) is 16.2 Å².